The molecule has 0 amide bonds. The number of fused-ring (bicyclic) bond motifs is 3. The topological polar surface area (TPSA) is 44.3 Å². The summed E-state index contributed by atoms with van der Waals surface area (Å²) in [5.74, 6) is 1.09. The van der Waals surface area contributed by atoms with E-state index in [4.69, 9.17) is 16.3 Å². The van der Waals surface area contributed by atoms with Crippen molar-refractivity contribution >= 4 is 27.6 Å². The van der Waals surface area contributed by atoms with E-state index in [9.17, 15) is 0 Å². The van der Waals surface area contributed by atoms with Crippen LogP contribution in [0.4, 0.5) is 5.69 Å². The molecule has 2 unspecified atom stereocenters. The number of aryl methyl sites for hydroxylation is 1. The summed E-state index contributed by atoms with van der Waals surface area (Å²) in [6, 6.07) is 6.08. The Hall–Kier alpha value is -2.45. The number of ether oxygens (including phenoxy) is 1. The van der Waals surface area contributed by atoms with Gasteiger partial charge in [0.1, 0.15) is 11.3 Å². The lowest BCUT2D eigenvalue weighted by Crippen LogP contribution is -2.26. The average molecular weight is 320 g/mol. The van der Waals surface area contributed by atoms with Gasteiger partial charge in [-0.05, 0) is 31.9 Å². The average Bonchev–Trinajstić information content (AvgIpc) is 3.00. The minimum atomic E-state index is 0.262. The Morgan fingerprint density at radius 2 is 2.25 bits per heavy atom. The Bertz CT molecular complexity index is 953. The zero-order valence-electron chi connectivity index (χ0n) is 14.0. The summed E-state index contributed by atoms with van der Waals surface area (Å²) in [4.78, 5) is 12.9. The van der Waals surface area contributed by atoms with Crippen molar-refractivity contribution in [2.24, 2.45) is 0 Å². The fourth-order valence-electron chi connectivity index (χ4n) is 3.73. The normalized spacial score (nSPS) is 21.2. The molecule has 2 aromatic heterocycles. The molecule has 1 aromatic carbocycles. The fourth-order valence-corrected chi connectivity index (χ4v) is 3.73. The van der Waals surface area contributed by atoms with Crippen LogP contribution in [0.15, 0.2) is 24.4 Å². The van der Waals surface area contributed by atoms with Crippen molar-refractivity contribution < 1.29 is 4.74 Å². The summed E-state index contributed by atoms with van der Waals surface area (Å²) in [6.45, 7) is 12.4. The molecule has 0 bridgehead atoms. The van der Waals surface area contributed by atoms with Crippen molar-refractivity contribution in [2.75, 3.05) is 6.61 Å². The number of nitrogens with zero attached hydrogens (tertiary/aromatic N) is 4. The second-order valence-corrected chi connectivity index (χ2v) is 6.42. The first-order valence-corrected chi connectivity index (χ1v) is 8.50. The van der Waals surface area contributed by atoms with Gasteiger partial charge in [0.05, 0.1) is 29.9 Å². The number of aromatic nitrogens is 3. The van der Waals surface area contributed by atoms with Crippen LogP contribution >= 0.6 is 0 Å². The van der Waals surface area contributed by atoms with Crippen LogP contribution in [0.5, 0.6) is 0 Å². The number of pyridine rings is 1. The van der Waals surface area contributed by atoms with Gasteiger partial charge in [0, 0.05) is 24.5 Å². The molecule has 1 aliphatic heterocycles. The third kappa shape index (κ3) is 2.35. The van der Waals surface area contributed by atoms with Gasteiger partial charge in [-0.3, -0.25) is 4.98 Å². The predicted octanol–water partition coefficient (Wildman–Crippen LogP) is 4.44. The van der Waals surface area contributed by atoms with Crippen molar-refractivity contribution in [1.82, 2.24) is 14.5 Å². The highest BCUT2D eigenvalue weighted by Crippen LogP contribution is 2.34. The number of hydrogen-bond acceptors (Lipinski definition) is 3. The zero-order valence-corrected chi connectivity index (χ0v) is 14.0. The van der Waals surface area contributed by atoms with Crippen LogP contribution in [-0.2, 0) is 11.2 Å². The third-order valence-electron chi connectivity index (χ3n) is 4.84. The molecule has 0 spiro atoms. The first-order valence-electron chi connectivity index (χ1n) is 8.50. The summed E-state index contributed by atoms with van der Waals surface area (Å²) in [5, 5.41) is 1.02. The van der Waals surface area contributed by atoms with Gasteiger partial charge in [-0.15, -0.1) is 0 Å². The number of imidazole rings is 1. The molecule has 3 heterocycles. The Balaban J connectivity index is 2.02. The highest BCUT2D eigenvalue weighted by atomic mass is 16.5. The van der Waals surface area contributed by atoms with Crippen LogP contribution in [0.2, 0.25) is 0 Å². The van der Waals surface area contributed by atoms with Gasteiger partial charge in [-0.25, -0.2) is 9.83 Å². The van der Waals surface area contributed by atoms with Crippen molar-refractivity contribution in [3.05, 3.63) is 41.6 Å². The molecule has 1 aliphatic rings. The summed E-state index contributed by atoms with van der Waals surface area (Å²) in [7, 11) is 0. The maximum absolute atomic E-state index is 7.31. The second kappa shape index (κ2) is 5.88. The summed E-state index contributed by atoms with van der Waals surface area (Å²) in [6.07, 6.45) is 4.98. The van der Waals surface area contributed by atoms with Crippen LogP contribution in [0.25, 0.3) is 26.8 Å². The van der Waals surface area contributed by atoms with Gasteiger partial charge in [-0.1, -0.05) is 13.0 Å². The Kier molecular flexibility index (Phi) is 3.70. The standard InChI is InChI=1S/C19H20N4O/c1-4-18-22-17-11-21-16-6-5-13(20-3)10-15(16)19(17)23(18)14-7-8-24-12(2)9-14/h5-6,10-12,14H,4,7-9H2,1-2H3. The van der Waals surface area contributed by atoms with Crippen molar-refractivity contribution in [1.29, 1.82) is 0 Å². The molecule has 5 heteroatoms. The van der Waals surface area contributed by atoms with E-state index in [1.54, 1.807) is 0 Å². The minimum absolute atomic E-state index is 0.262. The van der Waals surface area contributed by atoms with Crippen molar-refractivity contribution in [2.45, 2.75) is 45.3 Å². The minimum Gasteiger partial charge on any atom is -0.378 e. The lowest BCUT2D eigenvalue weighted by Gasteiger charge is -2.30. The van der Waals surface area contributed by atoms with E-state index in [0.29, 0.717) is 11.7 Å². The van der Waals surface area contributed by atoms with Crippen molar-refractivity contribution in [3.63, 3.8) is 0 Å². The van der Waals surface area contributed by atoms with E-state index in [0.717, 1.165) is 53.6 Å². The molecule has 4 rings (SSSR count). The Labute approximate surface area is 141 Å². The van der Waals surface area contributed by atoms with Crippen molar-refractivity contribution in [3.8, 4) is 0 Å². The van der Waals surface area contributed by atoms with E-state index in [2.05, 4.69) is 28.2 Å². The molecule has 0 saturated carbocycles. The van der Waals surface area contributed by atoms with Gasteiger partial charge in [0.2, 0.25) is 0 Å². The van der Waals surface area contributed by atoms with E-state index < -0.39 is 0 Å². The third-order valence-corrected chi connectivity index (χ3v) is 4.84. The van der Waals surface area contributed by atoms with E-state index >= 15 is 0 Å². The predicted molar refractivity (Wildman–Crippen MR) is 94.4 cm³/mol. The van der Waals surface area contributed by atoms with Gasteiger partial charge in [-0.2, -0.15) is 0 Å². The van der Waals surface area contributed by atoms with Crippen LogP contribution < -0.4 is 0 Å². The molecule has 3 aromatic rings. The van der Waals surface area contributed by atoms with Gasteiger partial charge < -0.3 is 9.30 Å². The molecule has 0 aliphatic carbocycles. The molecular formula is C19H20N4O. The zero-order chi connectivity index (χ0) is 16.7. The van der Waals surface area contributed by atoms with E-state index in [-0.39, 0.29) is 6.10 Å². The quantitative estimate of drug-likeness (QED) is 0.656. The summed E-state index contributed by atoms with van der Waals surface area (Å²) in [5.41, 5.74) is 3.59. The van der Waals surface area contributed by atoms with Gasteiger partial charge in [0.25, 0.3) is 0 Å². The van der Waals surface area contributed by atoms with E-state index in [1.807, 2.05) is 24.4 Å². The summed E-state index contributed by atoms with van der Waals surface area (Å²) < 4.78 is 8.11. The fraction of sp³-hybridized carbons (Fsp3) is 0.421. The Morgan fingerprint density at radius 1 is 1.38 bits per heavy atom. The number of rotatable bonds is 2. The highest BCUT2D eigenvalue weighted by molar-refractivity contribution is 6.03. The van der Waals surface area contributed by atoms with Crippen LogP contribution in [0.1, 0.15) is 38.6 Å². The van der Waals surface area contributed by atoms with E-state index in [1.165, 1.54) is 0 Å². The second-order valence-electron chi connectivity index (χ2n) is 6.42. The van der Waals surface area contributed by atoms with Crippen LogP contribution in [-0.4, -0.2) is 27.2 Å². The maximum Gasteiger partial charge on any atom is 0.188 e. The summed E-state index contributed by atoms with van der Waals surface area (Å²) >= 11 is 0. The molecule has 1 saturated heterocycles. The molecule has 1 fully saturated rings. The SMILES string of the molecule is [C-]#[N+]c1ccc2ncc3nc(CC)n(C4CCOC(C)C4)c3c2c1. The molecule has 0 radical (unpaired) electrons. The molecule has 0 N–H and O–H groups in total. The van der Waals surface area contributed by atoms with Gasteiger partial charge in [0.15, 0.2) is 5.69 Å². The molecule has 24 heavy (non-hydrogen) atoms. The van der Waals surface area contributed by atoms with Gasteiger partial charge >= 0.3 is 0 Å². The first kappa shape index (κ1) is 15.1. The largest absolute Gasteiger partial charge is 0.378 e. The Morgan fingerprint density at radius 3 is 3.00 bits per heavy atom. The smallest absolute Gasteiger partial charge is 0.188 e. The molecule has 122 valence electrons. The highest BCUT2D eigenvalue weighted by Gasteiger charge is 2.25. The molecule has 2 atom stereocenters. The molecular weight excluding hydrogens is 300 g/mol. The first-order chi connectivity index (χ1) is 11.7. The van der Waals surface area contributed by atoms with Crippen LogP contribution in [0.3, 0.4) is 0 Å². The maximum atomic E-state index is 7.31. The number of hydrogen-bond donors (Lipinski definition) is 0. The van der Waals surface area contributed by atoms with Crippen LogP contribution in [0, 0.1) is 6.57 Å². The lowest BCUT2D eigenvalue weighted by atomic mass is 10.0. The lowest BCUT2D eigenvalue weighted by molar-refractivity contribution is 0.00628. The molecule has 5 nitrogen and oxygen atoms in total. The number of benzene rings is 1. The monoisotopic (exact) mass is 320 g/mol.